The number of nitrogens with zero attached hydrogens (tertiary/aromatic N) is 1. The predicted octanol–water partition coefficient (Wildman–Crippen LogP) is 2.83. The molecule has 0 saturated carbocycles. The highest BCUT2D eigenvalue weighted by Crippen LogP contribution is 2.34. The maximum atomic E-state index is 4.12. The normalized spacial score (nSPS) is 22.2. The van der Waals surface area contributed by atoms with Crippen LogP contribution in [0.4, 0.5) is 11.4 Å². The molecular formula is C14H15N3. The molecule has 17 heavy (non-hydrogen) atoms. The van der Waals surface area contributed by atoms with Crippen LogP contribution in [-0.4, -0.2) is 11.5 Å². The zero-order valence-corrected chi connectivity index (χ0v) is 9.77. The minimum absolute atomic E-state index is 0.0738. The number of rotatable bonds is 1. The van der Waals surface area contributed by atoms with E-state index in [0.717, 1.165) is 17.9 Å². The fourth-order valence-corrected chi connectivity index (χ4v) is 2.24. The van der Waals surface area contributed by atoms with Gasteiger partial charge in [0.1, 0.15) is 0 Å². The number of hydrogen-bond donors (Lipinski definition) is 2. The molecule has 86 valence electrons. The van der Waals surface area contributed by atoms with Crippen molar-refractivity contribution in [3.05, 3.63) is 54.4 Å². The molecule has 3 nitrogen and oxygen atoms in total. The van der Waals surface area contributed by atoms with Gasteiger partial charge in [0.05, 0.1) is 23.1 Å². The van der Waals surface area contributed by atoms with Crippen LogP contribution in [0.5, 0.6) is 0 Å². The fraction of sp³-hybridized carbons (Fsp3) is 0.214. The van der Waals surface area contributed by atoms with E-state index >= 15 is 0 Å². The molecule has 1 aromatic heterocycles. The van der Waals surface area contributed by atoms with Crippen LogP contribution in [0.2, 0.25) is 0 Å². The predicted molar refractivity (Wildman–Crippen MR) is 70.1 cm³/mol. The number of benzene rings is 1. The maximum Gasteiger partial charge on any atom is 0.0770 e. The van der Waals surface area contributed by atoms with E-state index in [4.69, 9.17) is 0 Å². The van der Waals surface area contributed by atoms with Crippen molar-refractivity contribution in [2.24, 2.45) is 0 Å². The lowest BCUT2D eigenvalue weighted by molar-refractivity contribution is 0.565. The summed E-state index contributed by atoms with van der Waals surface area (Å²) in [5, 5.41) is 7.01. The highest BCUT2D eigenvalue weighted by Gasteiger charge is 2.30. The van der Waals surface area contributed by atoms with Crippen LogP contribution >= 0.6 is 0 Å². The molecule has 1 aliphatic heterocycles. The molecule has 0 spiro atoms. The first-order valence-corrected chi connectivity index (χ1v) is 5.79. The largest absolute Gasteiger partial charge is 0.379 e. The van der Waals surface area contributed by atoms with Crippen LogP contribution in [0.15, 0.2) is 48.8 Å². The van der Waals surface area contributed by atoms with E-state index in [-0.39, 0.29) is 5.54 Å². The van der Waals surface area contributed by atoms with Crippen molar-refractivity contribution in [2.45, 2.75) is 12.5 Å². The lowest BCUT2D eigenvalue weighted by Crippen LogP contribution is -2.42. The second kappa shape index (κ2) is 3.77. The van der Waals surface area contributed by atoms with Crippen LogP contribution in [0.3, 0.4) is 0 Å². The molecule has 1 unspecified atom stereocenters. The number of aromatic nitrogens is 1. The lowest BCUT2D eigenvalue weighted by atomic mass is 9.90. The van der Waals surface area contributed by atoms with E-state index in [2.05, 4.69) is 46.8 Å². The van der Waals surface area contributed by atoms with Gasteiger partial charge in [0.25, 0.3) is 0 Å². The number of anilines is 2. The zero-order valence-electron chi connectivity index (χ0n) is 9.77. The molecule has 0 radical (unpaired) electrons. The number of hydrogen-bond acceptors (Lipinski definition) is 3. The Bertz CT molecular complexity index is 524. The van der Waals surface area contributed by atoms with Crippen LogP contribution in [-0.2, 0) is 5.54 Å². The number of nitrogens with one attached hydrogen (secondary N) is 2. The van der Waals surface area contributed by atoms with Gasteiger partial charge in [-0.1, -0.05) is 30.3 Å². The Morgan fingerprint density at radius 2 is 1.94 bits per heavy atom. The molecule has 2 heterocycles. The zero-order chi connectivity index (χ0) is 11.7. The summed E-state index contributed by atoms with van der Waals surface area (Å²) in [4.78, 5) is 4.12. The third kappa shape index (κ3) is 1.73. The second-order valence-electron chi connectivity index (χ2n) is 4.60. The molecule has 1 aliphatic rings. The molecule has 0 bridgehead atoms. The second-order valence-corrected chi connectivity index (χ2v) is 4.60. The Kier molecular flexibility index (Phi) is 2.25. The summed E-state index contributed by atoms with van der Waals surface area (Å²) in [6.45, 7) is 3.06. The van der Waals surface area contributed by atoms with E-state index in [1.54, 1.807) is 0 Å². The third-order valence-electron chi connectivity index (χ3n) is 3.27. The average molecular weight is 225 g/mol. The van der Waals surface area contributed by atoms with E-state index in [0.29, 0.717) is 0 Å². The molecular weight excluding hydrogens is 210 g/mol. The number of fused-ring (bicyclic) bond motifs is 1. The van der Waals surface area contributed by atoms with Crippen molar-refractivity contribution < 1.29 is 0 Å². The molecule has 0 amide bonds. The monoisotopic (exact) mass is 225 g/mol. The highest BCUT2D eigenvalue weighted by molar-refractivity contribution is 5.71. The third-order valence-corrected chi connectivity index (χ3v) is 3.27. The van der Waals surface area contributed by atoms with Crippen molar-refractivity contribution in [2.75, 3.05) is 17.2 Å². The number of pyridine rings is 1. The standard InChI is InChI=1S/C14H15N3/c1-14(11-5-3-2-4-6-11)10-16-13-9-15-8-7-12(13)17-14/h2-9,16-17H,10H2,1H3. The van der Waals surface area contributed by atoms with Gasteiger partial charge in [-0.15, -0.1) is 0 Å². The van der Waals surface area contributed by atoms with Crippen LogP contribution in [0, 0.1) is 0 Å². The molecule has 0 fully saturated rings. The van der Waals surface area contributed by atoms with E-state index in [1.807, 2.05) is 24.5 Å². The highest BCUT2D eigenvalue weighted by atomic mass is 15.1. The van der Waals surface area contributed by atoms with Crippen molar-refractivity contribution in [3.63, 3.8) is 0 Å². The first-order valence-electron chi connectivity index (χ1n) is 5.79. The van der Waals surface area contributed by atoms with Crippen molar-refractivity contribution >= 4 is 11.4 Å². The fourth-order valence-electron chi connectivity index (χ4n) is 2.24. The SMILES string of the molecule is CC1(c2ccccc2)CNc2cnccc2N1. The quantitative estimate of drug-likeness (QED) is 0.783. The van der Waals surface area contributed by atoms with Crippen LogP contribution in [0.1, 0.15) is 12.5 Å². The first kappa shape index (κ1) is 10.1. The molecule has 3 rings (SSSR count). The summed E-state index contributed by atoms with van der Waals surface area (Å²) in [5.41, 5.74) is 3.39. The topological polar surface area (TPSA) is 37.0 Å². The van der Waals surface area contributed by atoms with E-state index < -0.39 is 0 Å². The van der Waals surface area contributed by atoms with Crippen LogP contribution < -0.4 is 10.6 Å². The summed E-state index contributed by atoms with van der Waals surface area (Å²) in [6, 6.07) is 12.5. The molecule has 0 saturated heterocycles. The summed E-state index contributed by atoms with van der Waals surface area (Å²) in [5.74, 6) is 0. The van der Waals surface area contributed by atoms with Gasteiger partial charge in [-0.2, -0.15) is 0 Å². The molecule has 1 atom stereocenters. The maximum absolute atomic E-state index is 4.12. The molecule has 2 N–H and O–H groups in total. The van der Waals surface area contributed by atoms with Gasteiger partial charge in [0, 0.05) is 12.7 Å². The Morgan fingerprint density at radius 3 is 2.76 bits per heavy atom. The Balaban J connectivity index is 1.98. The van der Waals surface area contributed by atoms with Gasteiger partial charge >= 0.3 is 0 Å². The minimum Gasteiger partial charge on any atom is -0.379 e. The molecule has 1 aromatic carbocycles. The summed E-state index contributed by atoms with van der Waals surface area (Å²) < 4.78 is 0. The van der Waals surface area contributed by atoms with Gasteiger partial charge in [-0.05, 0) is 18.6 Å². The Labute approximate surface area is 101 Å². The lowest BCUT2D eigenvalue weighted by Gasteiger charge is -2.38. The van der Waals surface area contributed by atoms with Crippen molar-refractivity contribution in [1.29, 1.82) is 0 Å². The van der Waals surface area contributed by atoms with Crippen LogP contribution in [0.25, 0.3) is 0 Å². The molecule has 0 aliphatic carbocycles. The van der Waals surface area contributed by atoms with Crippen molar-refractivity contribution in [3.8, 4) is 0 Å². The summed E-state index contributed by atoms with van der Waals surface area (Å²) in [7, 11) is 0. The molecule has 2 aromatic rings. The van der Waals surface area contributed by atoms with Gasteiger partial charge in [-0.25, -0.2) is 0 Å². The Hall–Kier alpha value is -2.03. The van der Waals surface area contributed by atoms with Gasteiger partial charge in [0.15, 0.2) is 0 Å². The smallest absolute Gasteiger partial charge is 0.0770 e. The molecule has 3 heteroatoms. The van der Waals surface area contributed by atoms with E-state index in [1.165, 1.54) is 5.56 Å². The Morgan fingerprint density at radius 1 is 1.12 bits per heavy atom. The summed E-state index contributed by atoms with van der Waals surface area (Å²) >= 11 is 0. The van der Waals surface area contributed by atoms with Gasteiger partial charge in [0.2, 0.25) is 0 Å². The van der Waals surface area contributed by atoms with Crippen molar-refractivity contribution in [1.82, 2.24) is 4.98 Å². The minimum atomic E-state index is -0.0738. The van der Waals surface area contributed by atoms with E-state index in [9.17, 15) is 0 Å². The first-order chi connectivity index (χ1) is 8.28. The van der Waals surface area contributed by atoms with Gasteiger partial charge < -0.3 is 10.6 Å². The summed E-state index contributed by atoms with van der Waals surface area (Å²) in [6.07, 6.45) is 3.66. The average Bonchev–Trinajstić information content (AvgIpc) is 2.40. The van der Waals surface area contributed by atoms with Gasteiger partial charge in [-0.3, -0.25) is 4.98 Å².